The highest BCUT2D eigenvalue weighted by atomic mass is 79.9. The number of hydrogen-bond acceptors (Lipinski definition) is 2. The third-order valence-corrected chi connectivity index (χ3v) is 2.35. The first-order valence-corrected chi connectivity index (χ1v) is 5.17. The summed E-state index contributed by atoms with van der Waals surface area (Å²) in [6, 6.07) is 4.90. The number of benzene rings is 1. The minimum absolute atomic E-state index is 0.0928. The summed E-state index contributed by atoms with van der Waals surface area (Å²) in [6.07, 6.45) is -4.44. The zero-order valence-corrected chi connectivity index (χ0v) is 9.85. The Morgan fingerprint density at radius 3 is 2.56 bits per heavy atom. The Kier molecular flexibility index (Phi) is 3.81. The average Bonchev–Trinajstić information content (AvgIpc) is 2.19. The lowest BCUT2D eigenvalue weighted by atomic mass is 10.1. The molecule has 1 aromatic carbocycles. The second kappa shape index (κ2) is 4.74. The minimum atomic E-state index is -4.44. The van der Waals surface area contributed by atoms with Crippen LogP contribution in [0.25, 0.3) is 0 Å². The average molecular weight is 293 g/mol. The van der Waals surface area contributed by atoms with Gasteiger partial charge in [-0.3, -0.25) is 0 Å². The smallest absolute Gasteiger partial charge is 0.370 e. The Balaban J connectivity index is 3.14. The van der Waals surface area contributed by atoms with Crippen molar-refractivity contribution in [3.8, 4) is 6.07 Å². The first-order valence-electron chi connectivity index (χ1n) is 4.37. The monoisotopic (exact) mass is 292 g/mol. The molecule has 1 rings (SSSR count). The van der Waals surface area contributed by atoms with E-state index in [1.807, 2.05) is 6.07 Å². The summed E-state index contributed by atoms with van der Waals surface area (Å²) in [5, 5.41) is 11.0. The van der Waals surface area contributed by atoms with Gasteiger partial charge in [0.2, 0.25) is 0 Å². The number of halogens is 4. The summed E-state index contributed by atoms with van der Waals surface area (Å²) in [5.74, 6) is 0. The number of nitrogens with one attached hydrogen (secondary N) is 1. The molecule has 1 unspecified atom stereocenters. The van der Waals surface area contributed by atoms with Crippen LogP contribution in [0.5, 0.6) is 0 Å². The predicted octanol–water partition coefficient (Wildman–Crippen LogP) is 3.79. The normalized spacial score (nSPS) is 13.0. The zero-order valence-electron chi connectivity index (χ0n) is 8.27. The zero-order chi connectivity index (χ0) is 12.3. The van der Waals surface area contributed by atoms with Crippen LogP contribution in [0.2, 0.25) is 0 Å². The maximum atomic E-state index is 12.6. The molecular weight excluding hydrogens is 285 g/mol. The molecule has 0 saturated heterocycles. The van der Waals surface area contributed by atoms with Gasteiger partial charge in [0.05, 0.1) is 11.6 Å². The largest absolute Gasteiger partial charge is 0.418 e. The Morgan fingerprint density at radius 2 is 2.06 bits per heavy atom. The number of anilines is 1. The van der Waals surface area contributed by atoms with Crippen molar-refractivity contribution in [3.05, 3.63) is 28.2 Å². The molecule has 0 amide bonds. The summed E-state index contributed by atoms with van der Waals surface area (Å²) in [7, 11) is 0. The fourth-order valence-electron chi connectivity index (χ4n) is 1.14. The van der Waals surface area contributed by atoms with Crippen LogP contribution in [-0.2, 0) is 6.18 Å². The van der Waals surface area contributed by atoms with Crippen molar-refractivity contribution in [2.45, 2.75) is 19.1 Å². The van der Waals surface area contributed by atoms with E-state index in [0.717, 1.165) is 6.07 Å². The van der Waals surface area contributed by atoms with Gasteiger partial charge in [0.1, 0.15) is 6.04 Å². The van der Waals surface area contributed by atoms with Gasteiger partial charge in [-0.2, -0.15) is 18.4 Å². The molecule has 0 fully saturated rings. The first kappa shape index (κ1) is 12.8. The lowest BCUT2D eigenvalue weighted by molar-refractivity contribution is -0.137. The van der Waals surface area contributed by atoms with E-state index >= 15 is 0 Å². The van der Waals surface area contributed by atoms with Crippen molar-refractivity contribution in [1.29, 1.82) is 5.26 Å². The molecule has 0 radical (unpaired) electrons. The minimum Gasteiger partial charge on any atom is -0.370 e. The molecule has 1 aromatic rings. The van der Waals surface area contributed by atoms with Crippen LogP contribution >= 0.6 is 15.9 Å². The topological polar surface area (TPSA) is 35.8 Å². The Bertz CT molecular complexity index is 423. The van der Waals surface area contributed by atoms with Gasteiger partial charge in [-0.25, -0.2) is 0 Å². The molecule has 1 N–H and O–H groups in total. The Hall–Kier alpha value is -1.22. The van der Waals surface area contributed by atoms with Crippen LogP contribution in [0, 0.1) is 11.3 Å². The highest BCUT2D eigenvalue weighted by molar-refractivity contribution is 9.10. The van der Waals surface area contributed by atoms with Crippen LogP contribution in [0.15, 0.2) is 22.7 Å². The highest BCUT2D eigenvalue weighted by Crippen LogP contribution is 2.36. The van der Waals surface area contributed by atoms with Crippen molar-refractivity contribution < 1.29 is 13.2 Å². The third kappa shape index (κ3) is 3.14. The van der Waals surface area contributed by atoms with Crippen molar-refractivity contribution in [2.75, 3.05) is 5.32 Å². The lowest BCUT2D eigenvalue weighted by Crippen LogP contribution is -2.17. The van der Waals surface area contributed by atoms with Crippen molar-refractivity contribution in [3.63, 3.8) is 0 Å². The van der Waals surface area contributed by atoms with Crippen LogP contribution in [0.4, 0.5) is 18.9 Å². The summed E-state index contributed by atoms with van der Waals surface area (Å²) in [5.41, 5.74) is -0.881. The summed E-state index contributed by atoms with van der Waals surface area (Å²) >= 11 is 2.98. The molecule has 0 spiro atoms. The van der Waals surface area contributed by atoms with Crippen LogP contribution in [0.3, 0.4) is 0 Å². The molecule has 86 valence electrons. The standard InChI is InChI=1S/C10H8BrF3N2/c1-6(5-15)16-9-3-2-7(11)4-8(9)10(12,13)14/h2-4,6,16H,1H3. The van der Waals surface area contributed by atoms with Crippen molar-refractivity contribution in [2.24, 2.45) is 0 Å². The van der Waals surface area contributed by atoms with Crippen molar-refractivity contribution >= 4 is 21.6 Å². The van der Waals surface area contributed by atoms with E-state index in [-0.39, 0.29) is 5.69 Å². The van der Waals surface area contributed by atoms with E-state index in [2.05, 4.69) is 21.2 Å². The molecule has 0 aliphatic carbocycles. The molecule has 6 heteroatoms. The molecule has 0 heterocycles. The first-order chi connectivity index (χ1) is 7.34. The Labute approximate surface area is 99.2 Å². The number of nitrogens with zero attached hydrogens (tertiary/aromatic N) is 1. The van der Waals surface area contributed by atoms with Gasteiger partial charge in [-0.05, 0) is 25.1 Å². The van der Waals surface area contributed by atoms with Gasteiger partial charge in [-0.1, -0.05) is 15.9 Å². The van der Waals surface area contributed by atoms with Crippen LogP contribution < -0.4 is 5.32 Å². The molecule has 0 aliphatic heterocycles. The molecule has 1 atom stereocenters. The molecule has 0 bridgehead atoms. The van der Waals surface area contributed by atoms with E-state index in [4.69, 9.17) is 5.26 Å². The van der Waals surface area contributed by atoms with Gasteiger partial charge in [0.15, 0.2) is 0 Å². The second-order valence-electron chi connectivity index (χ2n) is 3.18. The van der Waals surface area contributed by atoms with E-state index in [9.17, 15) is 13.2 Å². The summed E-state index contributed by atoms with van der Waals surface area (Å²) in [4.78, 5) is 0. The Morgan fingerprint density at radius 1 is 1.44 bits per heavy atom. The molecule has 2 nitrogen and oxygen atoms in total. The van der Waals surface area contributed by atoms with Crippen LogP contribution in [0.1, 0.15) is 12.5 Å². The SMILES string of the molecule is CC(C#N)Nc1ccc(Br)cc1C(F)(F)F. The molecule has 0 aliphatic rings. The maximum Gasteiger partial charge on any atom is 0.418 e. The van der Waals surface area contributed by atoms with Gasteiger partial charge in [0, 0.05) is 10.2 Å². The lowest BCUT2D eigenvalue weighted by Gasteiger charge is -2.15. The van der Waals surface area contributed by atoms with E-state index < -0.39 is 17.8 Å². The van der Waals surface area contributed by atoms with Gasteiger partial charge >= 0.3 is 6.18 Å². The molecule has 0 saturated carbocycles. The van der Waals surface area contributed by atoms with Gasteiger partial charge in [0.25, 0.3) is 0 Å². The fourth-order valence-corrected chi connectivity index (χ4v) is 1.50. The second-order valence-corrected chi connectivity index (χ2v) is 4.10. The highest BCUT2D eigenvalue weighted by Gasteiger charge is 2.33. The number of nitriles is 1. The maximum absolute atomic E-state index is 12.6. The number of alkyl halides is 3. The van der Waals surface area contributed by atoms with E-state index in [1.165, 1.54) is 19.1 Å². The summed E-state index contributed by atoms with van der Waals surface area (Å²) in [6.45, 7) is 1.49. The van der Waals surface area contributed by atoms with Gasteiger partial charge in [-0.15, -0.1) is 0 Å². The van der Waals surface area contributed by atoms with Crippen LogP contribution in [-0.4, -0.2) is 6.04 Å². The van der Waals surface area contributed by atoms with E-state index in [1.54, 1.807) is 0 Å². The number of rotatable bonds is 2. The summed E-state index contributed by atoms with van der Waals surface area (Å²) < 4.78 is 38.3. The quantitative estimate of drug-likeness (QED) is 0.900. The molecule has 0 aromatic heterocycles. The molecular formula is C10H8BrF3N2. The van der Waals surface area contributed by atoms with Gasteiger partial charge < -0.3 is 5.32 Å². The number of hydrogen-bond donors (Lipinski definition) is 1. The predicted molar refractivity (Wildman–Crippen MR) is 57.8 cm³/mol. The molecule has 16 heavy (non-hydrogen) atoms. The van der Waals surface area contributed by atoms with E-state index in [0.29, 0.717) is 4.47 Å². The van der Waals surface area contributed by atoms with Crippen molar-refractivity contribution in [1.82, 2.24) is 0 Å². The fraction of sp³-hybridized carbons (Fsp3) is 0.300. The third-order valence-electron chi connectivity index (χ3n) is 1.85.